The summed E-state index contributed by atoms with van der Waals surface area (Å²) in [6, 6.07) is 8.35. The summed E-state index contributed by atoms with van der Waals surface area (Å²) in [4.78, 5) is 23.2. The van der Waals surface area contributed by atoms with Crippen LogP contribution < -0.4 is 5.32 Å². The number of aliphatic carboxylic acids is 1. The molecule has 0 bridgehead atoms. The molecule has 1 aromatic rings. The van der Waals surface area contributed by atoms with Crippen LogP contribution in [0.5, 0.6) is 0 Å². The molecule has 1 amide bonds. The Balaban J connectivity index is 2.96. The summed E-state index contributed by atoms with van der Waals surface area (Å²) < 4.78 is 0. The van der Waals surface area contributed by atoms with E-state index in [0.29, 0.717) is 5.92 Å². The molecule has 0 spiro atoms. The highest BCUT2D eigenvalue weighted by molar-refractivity contribution is 6.03. The molecule has 2 N–H and O–H groups in total. The van der Waals surface area contributed by atoms with Gasteiger partial charge in [0.05, 0.1) is 0 Å². The molecule has 5 nitrogen and oxygen atoms in total. The maximum atomic E-state index is 12.1. The lowest BCUT2D eigenvalue weighted by atomic mass is 10.0. The molecule has 1 rings (SSSR count). The van der Waals surface area contributed by atoms with Crippen LogP contribution in [0.25, 0.3) is 6.08 Å². The van der Waals surface area contributed by atoms with E-state index >= 15 is 0 Å². The van der Waals surface area contributed by atoms with Gasteiger partial charge in [-0.1, -0.05) is 52.0 Å². The van der Waals surface area contributed by atoms with Crippen molar-refractivity contribution in [1.29, 1.82) is 5.26 Å². The zero-order valence-electron chi connectivity index (χ0n) is 13.8. The van der Waals surface area contributed by atoms with Gasteiger partial charge in [-0.15, -0.1) is 0 Å². The molecule has 122 valence electrons. The Bertz CT molecular complexity index is 637. The first kappa shape index (κ1) is 18.4. The van der Waals surface area contributed by atoms with Gasteiger partial charge in [0.15, 0.2) is 0 Å². The number of nitrogens with one attached hydrogen (secondary N) is 1. The van der Waals surface area contributed by atoms with Crippen molar-refractivity contribution in [2.24, 2.45) is 5.92 Å². The predicted molar refractivity (Wildman–Crippen MR) is 88.5 cm³/mol. The molecule has 0 saturated heterocycles. The Kier molecular flexibility index (Phi) is 6.52. The SMILES string of the molecule is CC(C)c1ccc(/C=C(/C#N)C(=O)NC(C(=O)O)C(C)C)cc1. The van der Waals surface area contributed by atoms with Crippen LogP contribution in [-0.2, 0) is 9.59 Å². The molecule has 0 aliphatic carbocycles. The van der Waals surface area contributed by atoms with E-state index in [1.54, 1.807) is 13.8 Å². The number of rotatable bonds is 6. The first-order valence-electron chi connectivity index (χ1n) is 7.51. The number of benzene rings is 1. The third kappa shape index (κ3) is 5.26. The number of amides is 1. The van der Waals surface area contributed by atoms with Gasteiger partial charge in [0.1, 0.15) is 17.7 Å². The first-order valence-corrected chi connectivity index (χ1v) is 7.51. The third-order valence-electron chi connectivity index (χ3n) is 3.50. The lowest BCUT2D eigenvalue weighted by Crippen LogP contribution is -2.44. The molecule has 0 heterocycles. The van der Waals surface area contributed by atoms with Gasteiger partial charge < -0.3 is 10.4 Å². The number of carboxylic acid groups (broad SMARTS) is 1. The predicted octanol–water partition coefficient (Wildman–Crippen LogP) is 2.94. The Labute approximate surface area is 136 Å². The Morgan fingerprint density at radius 1 is 1.17 bits per heavy atom. The quantitative estimate of drug-likeness (QED) is 0.624. The molecule has 1 aromatic carbocycles. The molecule has 1 unspecified atom stereocenters. The Morgan fingerprint density at radius 2 is 1.74 bits per heavy atom. The smallest absolute Gasteiger partial charge is 0.326 e. The maximum Gasteiger partial charge on any atom is 0.326 e. The van der Waals surface area contributed by atoms with Crippen LogP contribution in [0.15, 0.2) is 29.8 Å². The molecule has 1 atom stereocenters. The van der Waals surface area contributed by atoms with Crippen molar-refractivity contribution in [2.75, 3.05) is 0 Å². The average molecular weight is 314 g/mol. The standard InChI is InChI=1S/C18H22N2O3/c1-11(2)14-7-5-13(6-8-14)9-15(10-19)17(21)20-16(12(3)4)18(22)23/h5-9,11-12,16H,1-4H3,(H,20,21)(H,22,23)/b15-9-. The molecule has 23 heavy (non-hydrogen) atoms. The lowest BCUT2D eigenvalue weighted by Gasteiger charge is -2.17. The molecule has 0 fully saturated rings. The molecular weight excluding hydrogens is 292 g/mol. The van der Waals surface area contributed by atoms with Gasteiger partial charge in [0.25, 0.3) is 5.91 Å². The molecule has 0 aromatic heterocycles. The summed E-state index contributed by atoms with van der Waals surface area (Å²) in [5.41, 5.74) is 1.77. The van der Waals surface area contributed by atoms with Gasteiger partial charge in [-0.3, -0.25) is 4.79 Å². The number of hydrogen-bond acceptors (Lipinski definition) is 3. The maximum absolute atomic E-state index is 12.1. The fraction of sp³-hybridized carbons (Fsp3) is 0.389. The third-order valence-corrected chi connectivity index (χ3v) is 3.50. The van der Waals surface area contributed by atoms with Gasteiger partial charge in [0.2, 0.25) is 0 Å². The summed E-state index contributed by atoms with van der Waals surface area (Å²) in [5, 5.41) is 20.7. The molecule has 0 saturated carbocycles. The summed E-state index contributed by atoms with van der Waals surface area (Å²) in [6.45, 7) is 7.55. The second-order valence-electron chi connectivity index (χ2n) is 6.02. The van der Waals surface area contributed by atoms with Crippen molar-refractivity contribution in [3.63, 3.8) is 0 Å². The van der Waals surface area contributed by atoms with E-state index in [1.807, 2.05) is 30.3 Å². The minimum absolute atomic E-state index is 0.116. The van der Waals surface area contributed by atoms with E-state index in [9.17, 15) is 9.59 Å². The van der Waals surface area contributed by atoms with Crippen LogP contribution in [0.2, 0.25) is 0 Å². The first-order chi connectivity index (χ1) is 10.8. The van der Waals surface area contributed by atoms with Gasteiger partial charge >= 0.3 is 5.97 Å². The van der Waals surface area contributed by atoms with E-state index in [-0.39, 0.29) is 11.5 Å². The van der Waals surface area contributed by atoms with Crippen LogP contribution in [0.4, 0.5) is 0 Å². The van der Waals surface area contributed by atoms with Crippen LogP contribution in [-0.4, -0.2) is 23.0 Å². The fourth-order valence-corrected chi connectivity index (χ4v) is 2.02. The molecule has 0 aliphatic rings. The second kappa shape index (κ2) is 8.14. The van der Waals surface area contributed by atoms with Gasteiger partial charge in [-0.2, -0.15) is 5.26 Å². The van der Waals surface area contributed by atoms with Gasteiger partial charge in [0, 0.05) is 0 Å². The number of carbonyl (C=O) groups is 2. The van der Waals surface area contributed by atoms with Crippen molar-refractivity contribution in [2.45, 2.75) is 39.7 Å². The van der Waals surface area contributed by atoms with Crippen LogP contribution in [0, 0.1) is 17.2 Å². The van der Waals surface area contributed by atoms with Gasteiger partial charge in [-0.05, 0) is 29.0 Å². The van der Waals surface area contributed by atoms with Crippen molar-refractivity contribution < 1.29 is 14.7 Å². The number of carbonyl (C=O) groups excluding carboxylic acids is 1. The minimum Gasteiger partial charge on any atom is -0.480 e. The van der Waals surface area contributed by atoms with E-state index in [0.717, 1.165) is 11.1 Å². The largest absolute Gasteiger partial charge is 0.480 e. The van der Waals surface area contributed by atoms with Crippen LogP contribution in [0.3, 0.4) is 0 Å². The van der Waals surface area contributed by atoms with Crippen molar-refractivity contribution >= 4 is 18.0 Å². The lowest BCUT2D eigenvalue weighted by molar-refractivity contribution is -0.142. The van der Waals surface area contributed by atoms with E-state index in [4.69, 9.17) is 10.4 Å². The summed E-state index contributed by atoms with van der Waals surface area (Å²) in [5.74, 6) is -1.68. The van der Waals surface area contributed by atoms with Crippen molar-refractivity contribution in [3.8, 4) is 6.07 Å². The van der Waals surface area contributed by atoms with E-state index in [1.165, 1.54) is 6.08 Å². The zero-order valence-corrected chi connectivity index (χ0v) is 13.8. The summed E-state index contributed by atoms with van der Waals surface area (Å²) >= 11 is 0. The molecular formula is C18H22N2O3. The van der Waals surface area contributed by atoms with Crippen molar-refractivity contribution in [3.05, 3.63) is 41.0 Å². The molecule has 0 radical (unpaired) electrons. The number of hydrogen-bond donors (Lipinski definition) is 2. The van der Waals surface area contributed by atoms with Crippen LogP contribution >= 0.6 is 0 Å². The second-order valence-corrected chi connectivity index (χ2v) is 6.02. The highest BCUT2D eigenvalue weighted by Gasteiger charge is 2.24. The molecule has 5 heteroatoms. The summed E-state index contributed by atoms with van der Waals surface area (Å²) in [6.07, 6.45) is 1.46. The highest BCUT2D eigenvalue weighted by atomic mass is 16.4. The highest BCUT2D eigenvalue weighted by Crippen LogP contribution is 2.16. The van der Waals surface area contributed by atoms with Gasteiger partial charge in [-0.25, -0.2) is 4.79 Å². The number of nitriles is 1. The Hall–Kier alpha value is -2.61. The number of carboxylic acids is 1. The van der Waals surface area contributed by atoms with E-state index in [2.05, 4.69) is 19.2 Å². The summed E-state index contributed by atoms with van der Waals surface area (Å²) in [7, 11) is 0. The zero-order chi connectivity index (χ0) is 17.6. The minimum atomic E-state index is -1.12. The number of nitrogens with zero attached hydrogens (tertiary/aromatic N) is 1. The van der Waals surface area contributed by atoms with E-state index < -0.39 is 17.9 Å². The van der Waals surface area contributed by atoms with Crippen molar-refractivity contribution in [1.82, 2.24) is 5.32 Å². The Morgan fingerprint density at radius 3 is 2.13 bits per heavy atom. The fourth-order valence-electron chi connectivity index (χ4n) is 2.02. The average Bonchev–Trinajstić information content (AvgIpc) is 2.49. The monoisotopic (exact) mass is 314 g/mol. The van der Waals surface area contributed by atoms with Crippen LogP contribution in [0.1, 0.15) is 44.7 Å². The normalized spacial score (nSPS) is 12.8. The molecule has 0 aliphatic heterocycles. The topological polar surface area (TPSA) is 90.2 Å².